The standard InChI is InChI=1S/C23H30N2O2/c1-22-11-9-16-14(5-8-19-23(16,2)12-10-20(26)25-19)15(22)6-7-17(22)21(27)18-4-3-13-24-18/h3-4,10,12-17,19,24H,5-9,11H2,1-2H3,(H,25,26)/t14-,15-,16+,17?,19?,22-,23+/m0/s1. The van der Waals surface area contributed by atoms with Gasteiger partial charge >= 0.3 is 0 Å². The van der Waals surface area contributed by atoms with Crippen molar-refractivity contribution in [3.05, 3.63) is 36.2 Å². The fourth-order valence-electron chi connectivity index (χ4n) is 7.44. The normalized spacial score (nSPS) is 45.6. The molecular weight excluding hydrogens is 336 g/mol. The number of aromatic nitrogens is 1. The van der Waals surface area contributed by atoms with E-state index in [0.29, 0.717) is 23.5 Å². The van der Waals surface area contributed by atoms with Crippen LogP contribution in [0.2, 0.25) is 0 Å². The first-order valence-corrected chi connectivity index (χ1v) is 10.6. The van der Waals surface area contributed by atoms with E-state index in [1.165, 1.54) is 19.3 Å². The third-order valence-electron chi connectivity index (χ3n) is 8.87. The molecule has 2 heterocycles. The van der Waals surface area contributed by atoms with Gasteiger partial charge in [-0.15, -0.1) is 0 Å². The maximum Gasteiger partial charge on any atom is 0.243 e. The largest absolute Gasteiger partial charge is 0.359 e. The molecule has 5 rings (SSSR count). The van der Waals surface area contributed by atoms with E-state index in [0.717, 1.165) is 25.0 Å². The lowest BCUT2D eigenvalue weighted by atomic mass is 9.47. The minimum atomic E-state index is 0.0639. The number of hydrogen-bond donors (Lipinski definition) is 2. The van der Waals surface area contributed by atoms with Gasteiger partial charge < -0.3 is 10.3 Å². The molecule has 0 bridgehead atoms. The number of nitrogens with one attached hydrogen (secondary N) is 2. The number of carbonyl (C=O) groups excluding carboxylic acids is 2. The molecule has 3 aliphatic carbocycles. The van der Waals surface area contributed by atoms with Crippen molar-refractivity contribution >= 4 is 11.7 Å². The Labute approximate surface area is 161 Å². The van der Waals surface area contributed by atoms with Crippen molar-refractivity contribution in [3.8, 4) is 0 Å². The molecule has 4 aliphatic rings. The lowest BCUT2D eigenvalue weighted by Crippen LogP contribution is -2.59. The lowest BCUT2D eigenvalue weighted by Gasteiger charge is -2.58. The first kappa shape index (κ1) is 17.3. The minimum Gasteiger partial charge on any atom is -0.359 e. The topological polar surface area (TPSA) is 62.0 Å². The van der Waals surface area contributed by atoms with Crippen LogP contribution in [0.5, 0.6) is 0 Å². The van der Waals surface area contributed by atoms with Gasteiger partial charge in [0.25, 0.3) is 0 Å². The van der Waals surface area contributed by atoms with Gasteiger partial charge in [0.2, 0.25) is 5.91 Å². The molecule has 3 saturated carbocycles. The monoisotopic (exact) mass is 366 g/mol. The van der Waals surface area contributed by atoms with E-state index in [-0.39, 0.29) is 28.7 Å². The molecule has 1 aromatic heterocycles. The van der Waals surface area contributed by atoms with E-state index >= 15 is 0 Å². The number of aromatic amines is 1. The van der Waals surface area contributed by atoms with Gasteiger partial charge in [0, 0.05) is 23.6 Å². The van der Waals surface area contributed by atoms with Gasteiger partial charge in [-0.2, -0.15) is 0 Å². The summed E-state index contributed by atoms with van der Waals surface area (Å²) < 4.78 is 0. The highest BCUT2D eigenvalue weighted by Gasteiger charge is 2.60. The number of carbonyl (C=O) groups is 2. The van der Waals surface area contributed by atoms with Gasteiger partial charge in [0.05, 0.1) is 5.69 Å². The van der Waals surface area contributed by atoms with Gasteiger partial charge in [-0.25, -0.2) is 0 Å². The van der Waals surface area contributed by atoms with Crippen LogP contribution in [0.1, 0.15) is 62.9 Å². The number of fused-ring (bicyclic) bond motifs is 5. The average Bonchev–Trinajstić information content (AvgIpc) is 3.29. The predicted octanol–water partition coefficient (Wildman–Crippen LogP) is 4.11. The van der Waals surface area contributed by atoms with Crippen molar-refractivity contribution in [2.75, 3.05) is 0 Å². The second-order valence-corrected chi connectivity index (χ2v) is 9.84. The maximum atomic E-state index is 13.2. The SMILES string of the molecule is C[C@]12C=CC(=O)NC1CC[C@@H]1[C@H]2CC[C@]2(C)C(C(=O)c3ccc[nH]3)CC[C@@H]12. The Hall–Kier alpha value is -1.84. The van der Waals surface area contributed by atoms with Crippen LogP contribution in [0, 0.1) is 34.5 Å². The molecule has 144 valence electrons. The third-order valence-corrected chi connectivity index (χ3v) is 8.87. The molecular formula is C23H30N2O2. The molecule has 3 fully saturated rings. The molecule has 0 radical (unpaired) electrons. The lowest BCUT2D eigenvalue weighted by molar-refractivity contribution is -0.122. The Balaban J connectivity index is 1.44. The summed E-state index contributed by atoms with van der Waals surface area (Å²) in [6.07, 6.45) is 12.5. The van der Waals surface area contributed by atoms with Crippen molar-refractivity contribution in [3.63, 3.8) is 0 Å². The van der Waals surface area contributed by atoms with Crippen LogP contribution in [0.15, 0.2) is 30.5 Å². The number of Topliss-reactive ketones (excluding diaryl/α,β-unsaturated/α-hetero) is 1. The van der Waals surface area contributed by atoms with Gasteiger partial charge in [0.15, 0.2) is 5.78 Å². The van der Waals surface area contributed by atoms with Crippen LogP contribution in [0.4, 0.5) is 0 Å². The summed E-state index contributed by atoms with van der Waals surface area (Å²) in [7, 11) is 0. The Morgan fingerprint density at radius 1 is 1.11 bits per heavy atom. The molecule has 0 saturated heterocycles. The predicted molar refractivity (Wildman–Crippen MR) is 104 cm³/mol. The summed E-state index contributed by atoms with van der Waals surface area (Å²) in [5, 5.41) is 3.22. The van der Waals surface area contributed by atoms with Crippen molar-refractivity contribution in [1.29, 1.82) is 0 Å². The number of hydrogen-bond acceptors (Lipinski definition) is 2. The van der Waals surface area contributed by atoms with E-state index < -0.39 is 0 Å². The number of amides is 1. The molecule has 4 heteroatoms. The third kappa shape index (κ3) is 2.34. The first-order chi connectivity index (χ1) is 12.9. The maximum absolute atomic E-state index is 13.2. The zero-order valence-corrected chi connectivity index (χ0v) is 16.3. The number of rotatable bonds is 2. The first-order valence-electron chi connectivity index (χ1n) is 10.6. The summed E-state index contributed by atoms with van der Waals surface area (Å²) in [6, 6.07) is 4.12. The highest BCUT2D eigenvalue weighted by Crippen LogP contribution is 2.65. The van der Waals surface area contributed by atoms with Crippen LogP contribution in [-0.4, -0.2) is 22.7 Å². The van der Waals surface area contributed by atoms with E-state index in [2.05, 4.69) is 30.2 Å². The van der Waals surface area contributed by atoms with Gasteiger partial charge in [-0.05, 0) is 79.9 Å². The highest BCUT2D eigenvalue weighted by molar-refractivity contribution is 5.97. The Morgan fingerprint density at radius 3 is 2.74 bits per heavy atom. The number of ketones is 1. The summed E-state index contributed by atoms with van der Waals surface area (Å²) in [6.45, 7) is 4.74. The quantitative estimate of drug-likeness (QED) is 0.774. The molecule has 0 spiro atoms. The van der Waals surface area contributed by atoms with Gasteiger partial charge in [-0.1, -0.05) is 19.9 Å². The van der Waals surface area contributed by atoms with Crippen LogP contribution in [-0.2, 0) is 4.79 Å². The van der Waals surface area contributed by atoms with E-state index in [1.807, 2.05) is 18.3 Å². The summed E-state index contributed by atoms with van der Waals surface area (Å²) in [4.78, 5) is 28.1. The molecule has 0 aromatic carbocycles. The van der Waals surface area contributed by atoms with E-state index in [9.17, 15) is 9.59 Å². The van der Waals surface area contributed by atoms with E-state index in [4.69, 9.17) is 0 Å². The van der Waals surface area contributed by atoms with Crippen LogP contribution in [0.25, 0.3) is 0 Å². The molecule has 27 heavy (non-hydrogen) atoms. The zero-order chi connectivity index (χ0) is 18.8. The van der Waals surface area contributed by atoms with E-state index in [1.54, 1.807) is 6.08 Å². The van der Waals surface area contributed by atoms with Crippen molar-refractivity contribution in [1.82, 2.24) is 10.3 Å². The highest BCUT2D eigenvalue weighted by atomic mass is 16.1. The van der Waals surface area contributed by atoms with Crippen LogP contribution < -0.4 is 5.32 Å². The second-order valence-electron chi connectivity index (χ2n) is 9.84. The zero-order valence-electron chi connectivity index (χ0n) is 16.3. The Bertz CT molecular complexity index is 797. The molecule has 1 amide bonds. The van der Waals surface area contributed by atoms with Gasteiger partial charge in [-0.3, -0.25) is 9.59 Å². The molecule has 1 aromatic rings. The summed E-state index contributed by atoms with van der Waals surface area (Å²) >= 11 is 0. The van der Waals surface area contributed by atoms with Crippen LogP contribution in [0.3, 0.4) is 0 Å². The molecule has 7 atom stereocenters. The average molecular weight is 367 g/mol. The summed E-state index contributed by atoms with van der Waals surface area (Å²) in [5.41, 5.74) is 0.964. The molecule has 2 N–H and O–H groups in total. The Morgan fingerprint density at radius 2 is 1.96 bits per heavy atom. The molecule has 1 aliphatic heterocycles. The van der Waals surface area contributed by atoms with Crippen molar-refractivity contribution in [2.24, 2.45) is 34.5 Å². The summed E-state index contributed by atoms with van der Waals surface area (Å²) in [5.74, 6) is 2.44. The smallest absolute Gasteiger partial charge is 0.243 e. The van der Waals surface area contributed by atoms with Crippen molar-refractivity contribution < 1.29 is 9.59 Å². The minimum absolute atomic E-state index is 0.0639. The molecule has 2 unspecified atom stereocenters. The number of H-pyrrole nitrogens is 1. The fourth-order valence-corrected chi connectivity index (χ4v) is 7.44. The Kier molecular flexibility index (Phi) is 3.73. The molecule has 4 nitrogen and oxygen atoms in total. The fraction of sp³-hybridized carbons (Fsp3) is 0.652. The van der Waals surface area contributed by atoms with Crippen molar-refractivity contribution in [2.45, 2.75) is 58.4 Å². The van der Waals surface area contributed by atoms with Crippen LogP contribution >= 0.6 is 0 Å². The second kappa shape index (κ2) is 5.83. The van der Waals surface area contributed by atoms with Gasteiger partial charge in [0.1, 0.15) is 0 Å².